The van der Waals surface area contributed by atoms with Gasteiger partial charge in [-0.25, -0.2) is 15.0 Å². The van der Waals surface area contributed by atoms with E-state index in [1.807, 2.05) is 34.0 Å². The van der Waals surface area contributed by atoms with Crippen LogP contribution in [0.3, 0.4) is 0 Å². The van der Waals surface area contributed by atoms with Gasteiger partial charge in [-0.2, -0.15) is 0 Å². The van der Waals surface area contributed by atoms with Crippen molar-refractivity contribution in [1.82, 2.24) is 15.0 Å². The van der Waals surface area contributed by atoms with Crippen molar-refractivity contribution in [2.24, 2.45) is 0 Å². The molecule has 7 heterocycles. The summed E-state index contributed by atoms with van der Waals surface area (Å²) in [7, 11) is 0. The molecule has 0 amide bonds. The highest BCUT2D eigenvalue weighted by molar-refractivity contribution is 7.24. The van der Waals surface area contributed by atoms with E-state index in [2.05, 4.69) is 162 Å². The SMILES string of the molecule is c1csc(-c2ccc(-c3ccc(-c4nc(-c5ccc(-c6ccc(-c7cccs7)s6)cc5)nc(-c5ccc(-c6ccc(-c7cccs7)s6)cc5)n4)cc3)s2)c1. The molecule has 0 bridgehead atoms. The van der Waals surface area contributed by atoms with Crippen molar-refractivity contribution in [1.29, 1.82) is 0 Å². The van der Waals surface area contributed by atoms with Gasteiger partial charge < -0.3 is 0 Å². The number of nitrogens with zero attached hydrogens (tertiary/aromatic N) is 3. The number of thiophene rings is 6. The third-order valence-electron chi connectivity index (χ3n) is 9.03. The van der Waals surface area contributed by atoms with Crippen molar-refractivity contribution in [2.75, 3.05) is 0 Å². The van der Waals surface area contributed by atoms with Crippen molar-refractivity contribution in [3.05, 3.63) is 162 Å². The molecular formula is C45H27N3S6. The fourth-order valence-corrected chi connectivity index (χ4v) is 11.8. The van der Waals surface area contributed by atoms with Crippen LogP contribution >= 0.6 is 68.0 Å². The van der Waals surface area contributed by atoms with Crippen molar-refractivity contribution >= 4 is 68.0 Å². The molecule has 54 heavy (non-hydrogen) atoms. The Morgan fingerprint density at radius 2 is 0.500 bits per heavy atom. The maximum Gasteiger partial charge on any atom is 0.164 e. The van der Waals surface area contributed by atoms with Crippen LogP contribution in [0.2, 0.25) is 0 Å². The first kappa shape index (κ1) is 33.4. The standard InChI is InChI=1S/C45H27N3S6/c1-4-37(49-25-1)40-22-19-34(52-40)28-7-13-31(14-8-28)43-46-44(32-15-9-29(10-16-32)35-20-23-41(53-35)38-5-2-26-50-38)48-45(47-43)33-17-11-30(12-18-33)36-21-24-42(54-36)39-6-3-27-51-39/h1-27H. The molecule has 3 nitrogen and oxygen atoms in total. The molecule has 0 aliphatic carbocycles. The van der Waals surface area contributed by atoms with E-state index < -0.39 is 0 Å². The number of hydrogen-bond donors (Lipinski definition) is 0. The van der Waals surface area contributed by atoms with Crippen LogP contribution in [0.4, 0.5) is 0 Å². The number of aromatic nitrogens is 3. The minimum absolute atomic E-state index is 0.651. The van der Waals surface area contributed by atoms with Crippen LogP contribution in [0, 0.1) is 0 Å². The first-order valence-corrected chi connectivity index (χ1v) is 22.3. The van der Waals surface area contributed by atoms with E-state index in [-0.39, 0.29) is 0 Å². The van der Waals surface area contributed by atoms with Crippen LogP contribution < -0.4 is 0 Å². The molecule has 0 spiro atoms. The molecule has 0 saturated carbocycles. The minimum Gasteiger partial charge on any atom is -0.208 e. The van der Waals surface area contributed by atoms with Crippen LogP contribution in [0.1, 0.15) is 0 Å². The van der Waals surface area contributed by atoms with Gasteiger partial charge in [-0.3, -0.25) is 0 Å². The first-order chi connectivity index (χ1) is 26.7. The zero-order valence-corrected chi connectivity index (χ0v) is 33.3. The van der Waals surface area contributed by atoms with Crippen LogP contribution in [-0.4, -0.2) is 15.0 Å². The second kappa shape index (κ2) is 14.6. The molecule has 10 rings (SSSR count). The Bertz CT molecular complexity index is 2460. The molecule has 10 aromatic rings. The summed E-state index contributed by atoms with van der Waals surface area (Å²) in [4.78, 5) is 26.7. The summed E-state index contributed by atoms with van der Waals surface area (Å²) >= 11 is 10.8. The van der Waals surface area contributed by atoms with Gasteiger partial charge in [-0.15, -0.1) is 68.0 Å². The summed E-state index contributed by atoms with van der Waals surface area (Å²) in [6.45, 7) is 0. The van der Waals surface area contributed by atoms with Gasteiger partial charge in [-0.1, -0.05) is 91.0 Å². The molecule has 0 N–H and O–H groups in total. The van der Waals surface area contributed by atoms with Gasteiger partial charge in [0.15, 0.2) is 17.5 Å². The van der Waals surface area contributed by atoms with Crippen LogP contribution in [0.25, 0.3) is 94.7 Å². The van der Waals surface area contributed by atoms with E-state index in [0.29, 0.717) is 17.5 Å². The molecule has 0 atom stereocenters. The summed E-state index contributed by atoms with van der Waals surface area (Å²) in [5.74, 6) is 1.95. The Morgan fingerprint density at radius 3 is 0.759 bits per heavy atom. The molecule has 9 heteroatoms. The Balaban J connectivity index is 0.986. The summed E-state index contributed by atoms with van der Waals surface area (Å²) in [5, 5.41) is 6.38. The Labute approximate surface area is 336 Å². The quantitative estimate of drug-likeness (QED) is 0.146. The highest BCUT2D eigenvalue weighted by atomic mass is 32.1. The smallest absolute Gasteiger partial charge is 0.164 e. The van der Waals surface area contributed by atoms with Crippen LogP contribution in [-0.2, 0) is 0 Å². The van der Waals surface area contributed by atoms with E-state index in [4.69, 9.17) is 15.0 Å². The monoisotopic (exact) mass is 801 g/mol. The molecule has 7 aromatic heterocycles. The maximum absolute atomic E-state index is 5.06. The van der Waals surface area contributed by atoms with Gasteiger partial charge in [0.05, 0.1) is 0 Å². The molecule has 0 saturated heterocycles. The van der Waals surface area contributed by atoms with Crippen LogP contribution in [0.5, 0.6) is 0 Å². The summed E-state index contributed by atoms with van der Waals surface area (Å²) in [6, 6.07) is 51.9. The topological polar surface area (TPSA) is 38.7 Å². The fourth-order valence-electron chi connectivity index (χ4n) is 6.25. The zero-order chi connectivity index (χ0) is 35.8. The number of rotatable bonds is 9. The Morgan fingerprint density at radius 1 is 0.241 bits per heavy atom. The lowest BCUT2D eigenvalue weighted by molar-refractivity contribution is 1.07. The Hall–Kier alpha value is -5.13. The lowest BCUT2D eigenvalue weighted by Gasteiger charge is -2.10. The van der Waals surface area contributed by atoms with Crippen molar-refractivity contribution in [3.8, 4) is 94.7 Å². The van der Waals surface area contributed by atoms with E-state index in [1.165, 1.54) is 60.6 Å². The third-order valence-corrected chi connectivity index (χ3v) is 15.6. The van der Waals surface area contributed by atoms with Gasteiger partial charge in [-0.05, 0) is 87.4 Å². The van der Waals surface area contributed by atoms with Crippen molar-refractivity contribution in [2.45, 2.75) is 0 Å². The van der Waals surface area contributed by atoms with E-state index in [0.717, 1.165) is 16.7 Å². The van der Waals surface area contributed by atoms with Gasteiger partial charge in [0, 0.05) is 60.6 Å². The van der Waals surface area contributed by atoms with E-state index in [1.54, 1.807) is 34.0 Å². The largest absolute Gasteiger partial charge is 0.208 e. The molecule has 0 unspecified atom stereocenters. The second-order valence-electron chi connectivity index (χ2n) is 12.5. The molecule has 0 radical (unpaired) electrons. The summed E-state index contributed by atoms with van der Waals surface area (Å²) in [6.07, 6.45) is 0. The first-order valence-electron chi connectivity index (χ1n) is 17.2. The normalized spacial score (nSPS) is 11.3. The third kappa shape index (κ3) is 6.75. The molecular weight excluding hydrogens is 775 g/mol. The summed E-state index contributed by atoms with van der Waals surface area (Å²) < 4.78 is 0. The highest BCUT2D eigenvalue weighted by Gasteiger charge is 2.15. The van der Waals surface area contributed by atoms with E-state index >= 15 is 0 Å². The highest BCUT2D eigenvalue weighted by Crippen LogP contribution is 2.40. The van der Waals surface area contributed by atoms with Crippen molar-refractivity contribution in [3.63, 3.8) is 0 Å². The predicted octanol–water partition coefficient (Wildman–Crippen LogP) is 15.2. The van der Waals surface area contributed by atoms with Gasteiger partial charge >= 0.3 is 0 Å². The molecule has 0 aliphatic heterocycles. The average molecular weight is 802 g/mol. The average Bonchev–Trinajstić information content (AvgIpc) is 4.08. The van der Waals surface area contributed by atoms with Crippen molar-refractivity contribution < 1.29 is 0 Å². The predicted molar refractivity (Wildman–Crippen MR) is 236 cm³/mol. The van der Waals surface area contributed by atoms with E-state index in [9.17, 15) is 0 Å². The van der Waals surface area contributed by atoms with Crippen LogP contribution in [0.15, 0.2) is 162 Å². The molecule has 0 fully saturated rings. The van der Waals surface area contributed by atoms with Gasteiger partial charge in [0.2, 0.25) is 0 Å². The molecule has 3 aromatic carbocycles. The molecule has 258 valence electrons. The lowest BCUT2D eigenvalue weighted by Crippen LogP contribution is -2.00. The summed E-state index contributed by atoms with van der Waals surface area (Å²) in [5.41, 5.74) is 6.39. The lowest BCUT2D eigenvalue weighted by atomic mass is 10.1. The number of benzene rings is 3. The second-order valence-corrected chi connectivity index (χ2v) is 18.6. The fraction of sp³-hybridized carbons (Fsp3) is 0. The molecule has 0 aliphatic rings. The maximum atomic E-state index is 5.06. The zero-order valence-electron chi connectivity index (χ0n) is 28.4. The van der Waals surface area contributed by atoms with Gasteiger partial charge in [0.1, 0.15) is 0 Å². The number of hydrogen-bond acceptors (Lipinski definition) is 9. The van der Waals surface area contributed by atoms with Gasteiger partial charge in [0.25, 0.3) is 0 Å². The minimum atomic E-state index is 0.651. The Kier molecular flexibility index (Phi) is 9.04.